The van der Waals surface area contributed by atoms with Gasteiger partial charge in [-0.05, 0) is 81.0 Å². The lowest BCUT2D eigenvalue weighted by Gasteiger charge is -2.48. The molecule has 2 aliphatic rings. The van der Waals surface area contributed by atoms with Crippen LogP contribution in [0.15, 0.2) is 60.7 Å². The number of ether oxygens (including phenoxy) is 3. The van der Waals surface area contributed by atoms with Gasteiger partial charge in [0.1, 0.15) is 23.8 Å². The molecule has 0 bridgehead atoms. The van der Waals surface area contributed by atoms with E-state index in [-0.39, 0.29) is 12.4 Å². The van der Waals surface area contributed by atoms with Gasteiger partial charge in [0.15, 0.2) is 0 Å². The smallest absolute Gasteiger partial charge is 0.407 e. The van der Waals surface area contributed by atoms with Crippen LogP contribution < -0.4 is 15.0 Å². The number of para-hydroxylation sites is 1. The van der Waals surface area contributed by atoms with Crippen molar-refractivity contribution in [1.82, 2.24) is 5.32 Å². The van der Waals surface area contributed by atoms with Crippen molar-refractivity contribution in [2.45, 2.75) is 65.7 Å². The fourth-order valence-corrected chi connectivity index (χ4v) is 5.53. The van der Waals surface area contributed by atoms with Crippen molar-refractivity contribution in [2.24, 2.45) is 5.41 Å². The Labute approximate surface area is 242 Å². The van der Waals surface area contributed by atoms with Crippen LogP contribution >= 0.6 is 0 Å². The number of nitrogens with zero attached hydrogens (tertiary/aromatic N) is 1. The molecule has 7 heteroatoms. The van der Waals surface area contributed by atoms with Crippen LogP contribution in [-0.2, 0) is 29.0 Å². The van der Waals surface area contributed by atoms with Crippen molar-refractivity contribution < 1.29 is 23.4 Å². The van der Waals surface area contributed by atoms with Crippen LogP contribution in [0.2, 0.25) is 0 Å². The summed E-state index contributed by atoms with van der Waals surface area (Å²) in [5.41, 5.74) is 4.58. The van der Waals surface area contributed by atoms with Gasteiger partial charge in [-0.25, -0.2) is 9.18 Å². The van der Waals surface area contributed by atoms with E-state index in [0.29, 0.717) is 23.1 Å². The molecular weight excluding hydrogens is 519 g/mol. The molecule has 6 nitrogen and oxygen atoms in total. The molecule has 41 heavy (non-hydrogen) atoms. The van der Waals surface area contributed by atoms with E-state index >= 15 is 4.39 Å². The normalized spacial score (nSPS) is 16.3. The highest BCUT2D eigenvalue weighted by Crippen LogP contribution is 2.40. The molecule has 0 aromatic heterocycles. The molecule has 2 fully saturated rings. The number of amides is 1. The van der Waals surface area contributed by atoms with Gasteiger partial charge in [-0.1, -0.05) is 43.3 Å². The van der Waals surface area contributed by atoms with E-state index in [1.54, 1.807) is 32.9 Å². The summed E-state index contributed by atoms with van der Waals surface area (Å²) >= 11 is 0. The summed E-state index contributed by atoms with van der Waals surface area (Å²) < 4.78 is 33.0. The number of hydrogen-bond acceptors (Lipinski definition) is 5. The van der Waals surface area contributed by atoms with E-state index in [1.165, 1.54) is 0 Å². The Kier molecular flexibility index (Phi) is 8.55. The number of benzene rings is 3. The molecule has 2 aliphatic heterocycles. The van der Waals surface area contributed by atoms with Gasteiger partial charge < -0.3 is 24.4 Å². The van der Waals surface area contributed by atoms with Gasteiger partial charge in [-0.2, -0.15) is 0 Å². The second kappa shape index (κ2) is 12.1. The molecule has 3 aromatic carbocycles. The largest absolute Gasteiger partial charge is 0.489 e. The predicted octanol–water partition coefficient (Wildman–Crippen LogP) is 7.28. The van der Waals surface area contributed by atoms with Crippen LogP contribution in [0.4, 0.5) is 14.9 Å². The first-order chi connectivity index (χ1) is 19.6. The Bertz CT molecular complexity index is 1370. The number of piperidine rings is 1. The maximum absolute atomic E-state index is 15.9. The fraction of sp³-hybridized carbons (Fsp3) is 0.441. The SMILES string of the molecule is CCc1ccccc1OCc1cc(-c2cccc(CNC(=O)OC(C)(C)C)c2F)cc(N2CCC3(CC2)COC3)c1. The van der Waals surface area contributed by atoms with Crippen molar-refractivity contribution in [3.8, 4) is 16.9 Å². The molecule has 1 N–H and O–H groups in total. The molecule has 5 rings (SSSR count). The zero-order valence-corrected chi connectivity index (χ0v) is 24.6. The van der Waals surface area contributed by atoms with Crippen LogP contribution in [-0.4, -0.2) is 38.0 Å². The number of halogens is 1. The summed E-state index contributed by atoms with van der Waals surface area (Å²) in [6.45, 7) is 11.5. The lowest BCUT2D eigenvalue weighted by molar-refractivity contribution is -0.124. The van der Waals surface area contributed by atoms with Crippen LogP contribution in [0.3, 0.4) is 0 Å². The number of carbonyl (C=O) groups is 1. The van der Waals surface area contributed by atoms with E-state index in [2.05, 4.69) is 35.3 Å². The van der Waals surface area contributed by atoms with Crippen molar-refractivity contribution in [3.05, 3.63) is 83.2 Å². The molecule has 218 valence electrons. The Morgan fingerprint density at radius 2 is 1.76 bits per heavy atom. The van der Waals surface area contributed by atoms with Gasteiger partial charge in [0, 0.05) is 41.9 Å². The quantitative estimate of drug-likeness (QED) is 0.314. The molecule has 2 heterocycles. The molecule has 0 aliphatic carbocycles. The van der Waals surface area contributed by atoms with Crippen molar-refractivity contribution in [1.29, 1.82) is 0 Å². The number of alkyl carbamates (subject to hydrolysis) is 1. The Morgan fingerprint density at radius 1 is 1.02 bits per heavy atom. The van der Waals surface area contributed by atoms with E-state index in [1.807, 2.05) is 30.3 Å². The van der Waals surface area contributed by atoms with Gasteiger partial charge in [0.05, 0.1) is 13.2 Å². The highest BCUT2D eigenvalue weighted by molar-refractivity contribution is 5.72. The van der Waals surface area contributed by atoms with E-state index < -0.39 is 11.7 Å². The second-order valence-electron chi connectivity index (χ2n) is 12.3. The number of rotatable bonds is 8. The predicted molar refractivity (Wildman–Crippen MR) is 160 cm³/mol. The number of aryl methyl sites for hydroxylation is 1. The molecule has 1 amide bonds. The first kappa shape index (κ1) is 28.9. The number of anilines is 1. The Morgan fingerprint density at radius 3 is 2.44 bits per heavy atom. The van der Waals surface area contributed by atoms with E-state index in [0.717, 1.165) is 73.7 Å². The van der Waals surface area contributed by atoms with Gasteiger partial charge in [0.25, 0.3) is 0 Å². The van der Waals surface area contributed by atoms with Gasteiger partial charge in [0.2, 0.25) is 0 Å². The average molecular weight is 561 g/mol. The van der Waals surface area contributed by atoms with Crippen LogP contribution in [0.1, 0.15) is 57.2 Å². The number of carbonyl (C=O) groups excluding carboxylic acids is 1. The molecular formula is C34H41FN2O4. The van der Waals surface area contributed by atoms with E-state index in [9.17, 15) is 4.79 Å². The van der Waals surface area contributed by atoms with Gasteiger partial charge >= 0.3 is 6.09 Å². The highest BCUT2D eigenvalue weighted by atomic mass is 19.1. The summed E-state index contributed by atoms with van der Waals surface area (Å²) in [7, 11) is 0. The molecule has 0 unspecified atom stereocenters. The first-order valence-electron chi connectivity index (χ1n) is 14.6. The Balaban J connectivity index is 1.41. The summed E-state index contributed by atoms with van der Waals surface area (Å²) in [6, 6.07) is 19.6. The molecule has 0 radical (unpaired) electrons. The zero-order valence-electron chi connectivity index (χ0n) is 24.6. The fourth-order valence-electron chi connectivity index (χ4n) is 5.53. The lowest BCUT2D eigenvalue weighted by Crippen LogP contribution is -2.50. The van der Waals surface area contributed by atoms with Gasteiger partial charge in [-0.3, -0.25) is 0 Å². The zero-order chi connectivity index (χ0) is 29.0. The highest BCUT2D eigenvalue weighted by Gasteiger charge is 2.41. The van der Waals surface area contributed by atoms with Crippen LogP contribution in [0, 0.1) is 11.2 Å². The summed E-state index contributed by atoms with van der Waals surface area (Å²) in [5, 5.41) is 2.68. The minimum Gasteiger partial charge on any atom is -0.489 e. The van der Waals surface area contributed by atoms with Crippen molar-refractivity contribution in [3.63, 3.8) is 0 Å². The second-order valence-corrected chi connectivity index (χ2v) is 12.3. The Hall–Kier alpha value is -3.58. The molecule has 0 atom stereocenters. The third-order valence-corrected chi connectivity index (χ3v) is 7.94. The average Bonchev–Trinajstić information content (AvgIpc) is 2.94. The third-order valence-electron chi connectivity index (χ3n) is 7.94. The number of nitrogens with one attached hydrogen (secondary N) is 1. The standard InChI is InChI=1S/C34H41FN2O4/c1-5-25-9-6-7-12-30(25)40-21-24-17-27(19-28(18-24)37-15-13-34(14-16-37)22-39-23-34)29-11-8-10-26(31(29)35)20-36-32(38)41-33(2,3)4/h6-12,17-19H,5,13-16,20-23H2,1-4H3,(H,36,38). The van der Waals surface area contributed by atoms with Gasteiger partial charge in [-0.15, -0.1) is 0 Å². The maximum atomic E-state index is 15.9. The third kappa shape index (κ3) is 7.02. The van der Waals surface area contributed by atoms with Crippen molar-refractivity contribution >= 4 is 11.8 Å². The van der Waals surface area contributed by atoms with E-state index in [4.69, 9.17) is 14.2 Å². The minimum absolute atomic E-state index is 0.0360. The van der Waals surface area contributed by atoms with Crippen LogP contribution in [0.25, 0.3) is 11.1 Å². The summed E-state index contributed by atoms with van der Waals surface area (Å²) in [5.74, 6) is 0.515. The topological polar surface area (TPSA) is 60.0 Å². The molecule has 0 saturated carbocycles. The molecule has 1 spiro atoms. The molecule has 3 aromatic rings. The van der Waals surface area contributed by atoms with Crippen LogP contribution in [0.5, 0.6) is 5.75 Å². The van der Waals surface area contributed by atoms with Crippen molar-refractivity contribution in [2.75, 3.05) is 31.2 Å². The maximum Gasteiger partial charge on any atom is 0.407 e. The molecule has 2 saturated heterocycles. The first-order valence-corrected chi connectivity index (χ1v) is 14.6. The minimum atomic E-state index is -0.624. The summed E-state index contributed by atoms with van der Waals surface area (Å²) in [6.07, 6.45) is 2.49. The number of hydrogen-bond donors (Lipinski definition) is 1. The summed E-state index contributed by atoms with van der Waals surface area (Å²) in [4.78, 5) is 14.6. The monoisotopic (exact) mass is 560 g/mol. The lowest BCUT2D eigenvalue weighted by atomic mass is 9.76.